The maximum atomic E-state index is 12.6. The topological polar surface area (TPSA) is 49.0 Å². The molecule has 2 atom stereocenters. The average Bonchev–Trinajstić information content (AvgIpc) is 2.95. The summed E-state index contributed by atoms with van der Waals surface area (Å²) in [4.78, 5) is 13.9. The number of aromatic nitrogens is 2. The number of nitrogens with one attached hydrogen (secondary N) is 1. The van der Waals surface area contributed by atoms with Gasteiger partial charge in [0, 0.05) is 24.7 Å². The van der Waals surface area contributed by atoms with E-state index in [0.717, 1.165) is 18.9 Å². The van der Waals surface area contributed by atoms with Gasteiger partial charge in [0.15, 0.2) is 5.69 Å². The number of rotatable bonds is 3. The molecule has 1 saturated heterocycles. The zero-order valence-electron chi connectivity index (χ0n) is 11.9. The molecule has 2 heterocycles. The number of hydrogen-bond donors (Lipinski definition) is 1. The minimum absolute atomic E-state index is 0.0442. The van der Waals surface area contributed by atoms with E-state index in [1.165, 1.54) is 11.8 Å². The first-order chi connectivity index (χ1) is 9.82. The summed E-state index contributed by atoms with van der Waals surface area (Å²) in [6, 6.07) is 1.05. The van der Waals surface area contributed by atoms with Crippen LogP contribution in [0.25, 0.3) is 0 Å². The second kappa shape index (κ2) is 6.29. The molecule has 0 bridgehead atoms. The van der Waals surface area contributed by atoms with Crippen molar-refractivity contribution in [3.63, 3.8) is 0 Å². The summed E-state index contributed by atoms with van der Waals surface area (Å²) in [6.45, 7) is 2.96. The van der Waals surface area contributed by atoms with E-state index in [4.69, 9.17) is 0 Å². The molecular formula is C13H18F3N3OS. The third kappa shape index (κ3) is 3.72. The van der Waals surface area contributed by atoms with Crippen molar-refractivity contribution in [3.8, 4) is 0 Å². The summed E-state index contributed by atoms with van der Waals surface area (Å²) in [5, 5.41) is 5.67. The fraction of sp³-hybridized carbons (Fsp3) is 0.692. The lowest BCUT2D eigenvalue weighted by atomic mass is 9.94. The fourth-order valence-electron chi connectivity index (χ4n) is 2.48. The largest absolute Gasteiger partial charge is 0.435 e. The number of hydrogen-bond acceptors (Lipinski definition) is 3. The van der Waals surface area contributed by atoms with Crippen LogP contribution in [0.4, 0.5) is 13.2 Å². The number of likely N-dealkylation sites (tertiary alicyclic amines) is 1. The molecule has 1 fully saturated rings. The van der Waals surface area contributed by atoms with Gasteiger partial charge in [-0.25, -0.2) is 0 Å². The Kier molecular flexibility index (Phi) is 4.85. The smallest absolute Gasteiger partial charge is 0.341 e. The highest BCUT2D eigenvalue weighted by atomic mass is 32.2. The Morgan fingerprint density at radius 2 is 2.29 bits per heavy atom. The molecule has 1 aromatic heterocycles. The molecule has 1 aliphatic heterocycles. The Labute approximate surface area is 125 Å². The molecule has 0 unspecified atom stereocenters. The number of carbonyl (C=O) groups excluding carboxylic acids is 1. The number of thioether (sulfide) groups is 1. The Morgan fingerprint density at radius 3 is 2.86 bits per heavy atom. The van der Waals surface area contributed by atoms with Crippen LogP contribution >= 0.6 is 11.8 Å². The zero-order chi connectivity index (χ0) is 15.6. The molecule has 8 heteroatoms. The predicted octanol–water partition coefficient (Wildman–Crippen LogP) is 2.89. The van der Waals surface area contributed by atoms with E-state index in [9.17, 15) is 18.0 Å². The van der Waals surface area contributed by atoms with Gasteiger partial charge in [-0.3, -0.25) is 9.89 Å². The average molecular weight is 321 g/mol. The van der Waals surface area contributed by atoms with E-state index >= 15 is 0 Å². The third-order valence-electron chi connectivity index (χ3n) is 3.76. The summed E-state index contributed by atoms with van der Waals surface area (Å²) in [5.41, 5.74) is -0.449. The van der Waals surface area contributed by atoms with Crippen LogP contribution in [0, 0.1) is 0 Å². The second-order valence-electron chi connectivity index (χ2n) is 5.21. The molecule has 1 N–H and O–H groups in total. The lowest BCUT2D eigenvalue weighted by molar-refractivity contribution is -0.141. The SMILES string of the molecule is CS[C@H](C)C(=O)N1CCC[C@@H](c2cc(C(F)(F)F)n[nH]2)C1. The quantitative estimate of drug-likeness (QED) is 0.931. The van der Waals surface area contributed by atoms with Crippen molar-refractivity contribution in [2.75, 3.05) is 19.3 Å². The Balaban J connectivity index is 2.07. The summed E-state index contributed by atoms with van der Waals surface area (Å²) in [6.07, 6.45) is -1.02. The van der Waals surface area contributed by atoms with Gasteiger partial charge >= 0.3 is 6.18 Å². The van der Waals surface area contributed by atoms with Gasteiger partial charge in [-0.2, -0.15) is 30.0 Å². The van der Waals surface area contributed by atoms with Crippen LogP contribution in [-0.4, -0.2) is 45.6 Å². The first-order valence-electron chi connectivity index (χ1n) is 6.77. The molecule has 0 aliphatic carbocycles. The van der Waals surface area contributed by atoms with E-state index in [0.29, 0.717) is 18.8 Å². The highest BCUT2D eigenvalue weighted by Gasteiger charge is 2.35. The Bertz CT molecular complexity index is 503. The second-order valence-corrected chi connectivity index (χ2v) is 6.39. The van der Waals surface area contributed by atoms with Crippen LogP contribution in [0.15, 0.2) is 6.07 Å². The van der Waals surface area contributed by atoms with Gasteiger partial charge in [0.05, 0.1) is 5.25 Å². The van der Waals surface area contributed by atoms with Gasteiger partial charge in [0.2, 0.25) is 5.91 Å². The van der Waals surface area contributed by atoms with Crippen molar-refractivity contribution >= 4 is 17.7 Å². The molecule has 0 aromatic carbocycles. The van der Waals surface area contributed by atoms with Crippen molar-refractivity contribution in [3.05, 3.63) is 17.5 Å². The molecule has 21 heavy (non-hydrogen) atoms. The number of piperidine rings is 1. The molecule has 118 valence electrons. The number of alkyl halides is 3. The van der Waals surface area contributed by atoms with Crippen LogP contribution in [0.5, 0.6) is 0 Å². The van der Waals surface area contributed by atoms with Crippen LogP contribution < -0.4 is 0 Å². The zero-order valence-corrected chi connectivity index (χ0v) is 12.7. The lowest BCUT2D eigenvalue weighted by Crippen LogP contribution is -2.42. The molecule has 1 aromatic rings. The summed E-state index contributed by atoms with van der Waals surface area (Å²) in [5.74, 6) is -0.0666. The van der Waals surface area contributed by atoms with Crippen molar-refractivity contribution in [2.24, 2.45) is 0 Å². The number of H-pyrrole nitrogens is 1. The van der Waals surface area contributed by atoms with Crippen molar-refractivity contribution in [1.29, 1.82) is 0 Å². The number of amides is 1. The minimum atomic E-state index is -4.44. The van der Waals surface area contributed by atoms with Crippen LogP contribution in [-0.2, 0) is 11.0 Å². The van der Waals surface area contributed by atoms with Gasteiger partial charge in [-0.15, -0.1) is 0 Å². The van der Waals surface area contributed by atoms with Crippen molar-refractivity contribution in [1.82, 2.24) is 15.1 Å². The Hall–Kier alpha value is -1.18. The number of aromatic amines is 1. The molecule has 0 spiro atoms. The molecule has 0 saturated carbocycles. The van der Waals surface area contributed by atoms with Crippen molar-refractivity contribution < 1.29 is 18.0 Å². The summed E-state index contributed by atoms with van der Waals surface area (Å²) in [7, 11) is 0. The highest BCUT2D eigenvalue weighted by Crippen LogP contribution is 2.32. The van der Waals surface area contributed by atoms with Crippen LogP contribution in [0.3, 0.4) is 0 Å². The first kappa shape index (κ1) is 16.2. The van der Waals surface area contributed by atoms with Crippen molar-refractivity contribution in [2.45, 2.75) is 37.1 Å². The molecule has 1 aliphatic rings. The van der Waals surface area contributed by atoms with E-state index < -0.39 is 11.9 Å². The molecule has 0 radical (unpaired) electrons. The lowest BCUT2D eigenvalue weighted by Gasteiger charge is -2.33. The minimum Gasteiger partial charge on any atom is -0.341 e. The Morgan fingerprint density at radius 1 is 1.57 bits per heavy atom. The normalized spacial score (nSPS) is 21.4. The first-order valence-corrected chi connectivity index (χ1v) is 8.05. The van der Waals surface area contributed by atoms with Crippen LogP contribution in [0.2, 0.25) is 0 Å². The van der Waals surface area contributed by atoms with Gasteiger partial charge in [-0.05, 0) is 32.1 Å². The van der Waals surface area contributed by atoms with E-state index in [2.05, 4.69) is 10.2 Å². The summed E-state index contributed by atoms with van der Waals surface area (Å²) >= 11 is 1.47. The molecule has 4 nitrogen and oxygen atoms in total. The van der Waals surface area contributed by atoms with E-state index in [-0.39, 0.29) is 17.1 Å². The van der Waals surface area contributed by atoms with Gasteiger partial charge < -0.3 is 4.90 Å². The number of nitrogens with zero attached hydrogens (tertiary/aromatic N) is 2. The number of halogens is 3. The highest BCUT2D eigenvalue weighted by molar-refractivity contribution is 7.99. The van der Waals surface area contributed by atoms with Crippen LogP contribution in [0.1, 0.15) is 37.1 Å². The molecular weight excluding hydrogens is 303 g/mol. The molecule has 1 amide bonds. The summed E-state index contributed by atoms with van der Waals surface area (Å²) < 4.78 is 37.7. The predicted molar refractivity (Wildman–Crippen MR) is 75.1 cm³/mol. The monoisotopic (exact) mass is 321 g/mol. The van der Waals surface area contributed by atoms with E-state index in [1.54, 1.807) is 4.90 Å². The maximum absolute atomic E-state index is 12.6. The standard InChI is InChI=1S/C13H18F3N3OS/c1-8(21-2)12(20)19-5-3-4-9(7-19)10-6-11(18-17-10)13(14,15)16/h6,8-9H,3-5,7H2,1-2H3,(H,17,18)/t8-,9-/m1/s1. The molecule has 2 rings (SSSR count). The van der Waals surface area contributed by atoms with E-state index in [1.807, 2.05) is 13.2 Å². The van der Waals surface area contributed by atoms with Gasteiger partial charge in [0.1, 0.15) is 0 Å². The fourth-order valence-corrected chi connectivity index (χ4v) is 2.83. The maximum Gasteiger partial charge on any atom is 0.435 e. The number of carbonyl (C=O) groups is 1. The van der Waals surface area contributed by atoms with Gasteiger partial charge in [0.25, 0.3) is 0 Å². The van der Waals surface area contributed by atoms with Gasteiger partial charge in [-0.1, -0.05) is 0 Å². The third-order valence-corrected chi connectivity index (χ3v) is 4.67.